The van der Waals surface area contributed by atoms with Crippen LogP contribution in [0.5, 0.6) is 5.75 Å². The highest BCUT2D eigenvalue weighted by Gasteiger charge is 2.13. The van der Waals surface area contributed by atoms with Gasteiger partial charge in [0, 0.05) is 11.6 Å². The highest BCUT2D eigenvalue weighted by molar-refractivity contribution is 6.38. The first-order valence-electron chi connectivity index (χ1n) is 8.18. The second-order valence-electron chi connectivity index (χ2n) is 5.96. The number of ether oxygens (including phenoxy) is 1. The number of benzene rings is 2. The maximum Gasteiger partial charge on any atom is 0.422 e. The zero-order valence-electron chi connectivity index (χ0n) is 14.1. The number of aromatic nitrogens is 1. The first-order chi connectivity index (χ1) is 12.5. The van der Waals surface area contributed by atoms with E-state index in [0.717, 1.165) is 17.7 Å². The molecule has 0 N–H and O–H groups in total. The smallest absolute Gasteiger partial charge is 0.422 e. The summed E-state index contributed by atoms with van der Waals surface area (Å²) in [6.07, 6.45) is 1.39. The number of hydrogen-bond donors (Lipinski definition) is 0. The molecule has 0 spiro atoms. The van der Waals surface area contributed by atoms with Crippen LogP contribution in [0.2, 0.25) is 10.0 Å². The summed E-state index contributed by atoms with van der Waals surface area (Å²) in [5.74, 6) is 0.0855. The summed E-state index contributed by atoms with van der Waals surface area (Å²) in [7, 11) is 0. The normalized spacial score (nSPS) is 11.0. The van der Waals surface area contributed by atoms with Crippen LogP contribution >= 0.6 is 23.2 Å². The van der Waals surface area contributed by atoms with Crippen molar-refractivity contribution in [2.75, 3.05) is 6.61 Å². The van der Waals surface area contributed by atoms with E-state index in [4.69, 9.17) is 32.4 Å². The molecule has 0 aliphatic rings. The Kier molecular flexibility index (Phi) is 5.69. The second kappa shape index (κ2) is 7.98. The highest BCUT2D eigenvalue weighted by atomic mass is 35.5. The molecule has 1 heterocycles. The molecule has 0 saturated heterocycles. The van der Waals surface area contributed by atoms with Crippen molar-refractivity contribution in [3.05, 3.63) is 73.0 Å². The molecule has 0 bridgehead atoms. The molecule has 7 heteroatoms. The van der Waals surface area contributed by atoms with E-state index in [0.29, 0.717) is 30.1 Å². The number of rotatable bonds is 6. The van der Waals surface area contributed by atoms with Crippen LogP contribution in [0.25, 0.3) is 10.9 Å². The number of nitrogens with zero attached hydrogens (tertiary/aromatic N) is 1. The lowest BCUT2D eigenvalue weighted by Gasteiger charge is -2.11. The van der Waals surface area contributed by atoms with Crippen LogP contribution in [-0.2, 0) is 6.54 Å². The number of halogens is 2. The van der Waals surface area contributed by atoms with Gasteiger partial charge < -0.3 is 9.15 Å². The minimum atomic E-state index is -0.742. The minimum Gasteiger partial charge on any atom is -0.494 e. The molecule has 1 aromatic heterocycles. The monoisotopic (exact) mass is 393 g/mol. The third kappa shape index (κ3) is 4.11. The lowest BCUT2D eigenvalue weighted by Crippen LogP contribution is -2.25. The molecule has 136 valence electrons. The van der Waals surface area contributed by atoms with Gasteiger partial charge in [-0.2, -0.15) is 0 Å². The van der Waals surface area contributed by atoms with Crippen LogP contribution in [0.3, 0.4) is 0 Å². The SMILES string of the molecule is Cc1cccc(OCCCCn2c(=O)oc(=O)c3cc(Cl)cc(Cl)c32)c1. The van der Waals surface area contributed by atoms with Crippen LogP contribution in [0, 0.1) is 6.92 Å². The largest absolute Gasteiger partial charge is 0.494 e. The van der Waals surface area contributed by atoms with Gasteiger partial charge in [-0.3, -0.25) is 4.57 Å². The molecule has 0 fully saturated rings. The van der Waals surface area contributed by atoms with Crippen molar-refractivity contribution in [1.29, 1.82) is 0 Å². The van der Waals surface area contributed by atoms with Gasteiger partial charge in [-0.25, -0.2) is 9.59 Å². The van der Waals surface area contributed by atoms with Crippen molar-refractivity contribution in [1.82, 2.24) is 4.57 Å². The van der Waals surface area contributed by atoms with Crippen LogP contribution in [0.4, 0.5) is 0 Å². The minimum absolute atomic E-state index is 0.193. The molecular formula is C19H17Cl2NO4. The molecule has 0 atom stereocenters. The summed E-state index contributed by atoms with van der Waals surface area (Å²) < 4.78 is 11.8. The molecule has 0 saturated carbocycles. The topological polar surface area (TPSA) is 61.4 Å². The quantitative estimate of drug-likeness (QED) is 0.581. The van der Waals surface area contributed by atoms with E-state index in [1.54, 1.807) is 0 Å². The Morgan fingerprint density at radius 3 is 2.69 bits per heavy atom. The Morgan fingerprint density at radius 2 is 1.92 bits per heavy atom. The maximum absolute atomic E-state index is 12.1. The van der Waals surface area contributed by atoms with Gasteiger partial charge >= 0.3 is 11.4 Å². The lowest BCUT2D eigenvalue weighted by molar-refractivity contribution is 0.300. The van der Waals surface area contributed by atoms with Gasteiger partial charge in [0.1, 0.15) is 5.75 Å². The van der Waals surface area contributed by atoms with Gasteiger partial charge in [0.05, 0.1) is 22.5 Å². The fourth-order valence-corrected chi connectivity index (χ4v) is 3.34. The average Bonchev–Trinajstić information content (AvgIpc) is 2.57. The lowest BCUT2D eigenvalue weighted by atomic mass is 10.2. The number of aryl methyl sites for hydroxylation is 2. The Labute approximate surface area is 159 Å². The molecule has 0 radical (unpaired) electrons. The van der Waals surface area contributed by atoms with Gasteiger partial charge in [0.2, 0.25) is 0 Å². The summed E-state index contributed by atoms with van der Waals surface area (Å²) >= 11 is 12.1. The molecule has 2 aromatic carbocycles. The summed E-state index contributed by atoms with van der Waals surface area (Å²) in [6, 6.07) is 10.8. The van der Waals surface area contributed by atoms with Crippen molar-refractivity contribution >= 4 is 34.1 Å². The maximum atomic E-state index is 12.1. The molecule has 0 unspecified atom stereocenters. The van der Waals surface area contributed by atoms with Crippen molar-refractivity contribution < 1.29 is 9.15 Å². The van der Waals surface area contributed by atoms with E-state index in [9.17, 15) is 9.59 Å². The first kappa shape index (κ1) is 18.5. The van der Waals surface area contributed by atoms with E-state index in [1.165, 1.54) is 16.7 Å². The van der Waals surface area contributed by atoms with Crippen molar-refractivity contribution in [2.24, 2.45) is 0 Å². The first-order valence-corrected chi connectivity index (χ1v) is 8.93. The predicted molar refractivity (Wildman–Crippen MR) is 103 cm³/mol. The molecule has 3 aromatic rings. The highest BCUT2D eigenvalue weighted by Crippen LogP contribution is 2.25. The molecule has 0 aliphatic carbocycles. The molecule has 26 heavy (non-hydrogen) atoms. The Hall–Kier alpha value is -2.24. The van der Waals surface area contributed by atoms with Crippen LogP contribution < -0.4 is 16.1 Å². The number of fused-ring (bicyclic) bond motifs is 1. The van der Waals surface area contributed by atoms with Gasteiger partial charge in [0.15, 0.2) is 0 Å². The number of unbranched alkanes of at least 4 members (excludes halogenated alkanes) is 1. The Bertz CT molecular complexity index is 1060. The molecule has 3 rings (SSSR count). The summed E-state index contributed by atoms with van der Waals surface area (Å²) in [5.41, 5.74) is 0.735. The van der Waals surface area contributed by atoms with Crippen LogP contribution in [0.15, 0.2) is 50.4 Å². The fourth-order valence-electron chi connectivity index (χ4n) is 2.75. The molecule has 5 nitrogen and oxygen atoms in total. The molecule has 0 aliphatic heterocycles. The molecular weight excluding hydrogens is 377 g/mol. The third-order valence-corrected chi connectivity index (χ3v) is 4.46. The van der Waals surface area contributed by atoms with Gasteiger partial charge in [-0.05, 0) is 49.6 Å². The van der Waals surface area contributed by atoms with E-state index in [-0.39, 0.29) is 10.4 Å². The van der Waals surface area contributed by atoms with Gasteiger partial charge in [0.25, 0.3) is 0 Å². The van der Waals surface area contributed by atoms with E-state index in [1.807, 2.05) is 31.2 Å². The van der Waals surface area contributed by atoms with Crippen molar-refractivity contribution in [2.45, 2.75) is 26.3 Å². The Morgan fingerprint density at radius 1 is 1.12 bits per heavy atom. The zero-order valence-corrected chi connectivity index (χ0v) is 15.6. The Balaban J connectivity index is 1.71. The summed E-state index contributed by atoms with van der Waals surface area (Å²) in [5, 5.41) is 0.748. The second-order valence-corrected chi connectivity index (χ2v) is 6.81. The van der Waals surface area contributed by atoms with Crippen molar-refractivity contribution in [3.63, 3.8) is 0 Å². The van der Waals surface area contributed by atoms with E-state index in [2.05, 4.69) is 0 Å². The summed E-state index contributed by atoms with van der Waals surface area (Å²) in [4.78, 5) is 24.0. The van der Waals surface area contributed by atoms with Crippen LogP contribution in [0.1, 0.15) is 18.4 Å². The predicted octanol–water partition coefficient (Wildman–Crippen LogP) is 4.43. The number of hydrogen-bond acceptors (Lipinski definition) is 4. The average molecular weight is 394 g/mol. The zero-order chi connectivity index (χ0) is 18.7. The standard InChI is InChI=1S/C19H17Cl2NO4/c1-12-5-4-6-14(9-12)25-8-3-2-7-22-17-15(18(23)26-19(22)24)10-13(20)11-16(17)21/h4-6,9-11H,2-3,7-8H2,1H3. The van der Waals surface area contributed by atoms with Crippen LogP contribution in [-0.4, -0.2) is 11.2 Å². The van der Waals surface area contributed by atoms with E-state index >= 15 is 0 Å². The fraction of sp³-hybridized carbons (Fsp3) is 0.263. The van der Waals surface area contributed by atoms with Gasteiger partial charge in [-0.15, -0.1) is 0 Å². The third-order valence-electron chi connectivity index (χ3n) is 3.95. The van der Waals surface area contributed by atoms with Crippen molar-refractivity contribution in [3.8, 4) is 5.75 Å². The summed E-state index contributed by atoms with van der Waals surface area (Å²) in [6.45, 7) is 2.88. The van der Waals surface area contributed by atoms with Gasteiger partial charge in [-0.1, -0.05) is 35.3 Å². The molecule has 0 amide bonds. The van der Waals surface area contributed by atoms with E-state index < -0.39 is 11.4 Å².